The predicted molar refractivity (Wildman–Crippen MR) is 106 cm³/mol. The van der Waals surface area contributed by atoms with Crippen LogP contribution in [0.4, 0.5) is 10.6 Å². The van der Waals surface area contributed by atoms with Gasteiger partial charge in [-0.05, 0) is 31.5 Å². The number of rotatable bonds is 4. The van der Waals surface area contributed by atoms with Crippen LogP contribution in [0.3, 0.4) is 0 Å². The Balaban J connectivity index is 1.64. The average Bonchev–Trinajstić information content (AvgIpc) is 3.17. The molecule has 4 heterocycles. The fraction of sp³-hybridized carbons (Fsp3) is 0.316. The van der Waals surface area contributed by atoms with Gasteiger partial charge in [-0.15, -0.1) is 0 Å². The van der Waals surface area contributed by atoms with E-state index >= 15 is 0 Å². The van der Waals surface area contributed by atoms with Crippen molar-refractivity contribution in [1.82, 2.24) is 24.8 Å². The van der Waals surface area contributed by atoms with Crippen molar-refractivity contribution in [3.8, 4) is 11.4 Å². The lowest BCUT2D eigenvalue weighted by Gasteiger charge is -2.18. The number of amides is 1. The molecule has 144 valence electrons. The number of pyridine rings is 2. The summed E-state index contributed by atoms with van der Waals surface area (Å²) in [6, 6.07) is 5.48. The number of aromatic nitrogens is 4. The summed E-state index contributed by atoms with van der Waals surface area (Å²) in [6.45, 7) is 3.38. The van der Waals surface area contributed by atoms with Crippen molar-refractivity contribution in [2.24, 2.45) is 0 Å². The van der Waals surface area contributed by atoms with Gasteiger partial charge in [-0.2, -0.15) is 0 Å². The van der Waals surface area contributed by atoms with E-state index in [1.807, 2.05) is 12.1 Å². The minimum atomic E-state index is -0.282. The SMILES string of the molecule is CCOC(=O)N1CCC(Nc2nc(-c3ccnc(Cl)c3)nc3cnccc23)C1. The number of carbonyl (C=O) groups excluding carboxylic acids is 1. The number of nitrogens with one attached hydrogen (secondary N) is 1. The molecule has 0 spiro atoms. The van der Waals surface area contributed by atoms with Gasteiger partial charge in [0.15, 0.2) is 5.82 Å². The van der Waals surface area contributed by atoms with Gasteiger partial charge >= 0.3 is 6.09 Å². The van der Waals surface area contributed by atoms with E-state index in [-0.39, 0.29) is 12.1 Å². The first-order valence-electron chi connectivity index (χ1n) is 9.06. The molecule has 3 aromatic rings. The Morgan fingerprint density at radius 1 is 1.36 bits per heavy atom. The van der Waals surface area contributed by atoms with Gasteiger partial charge in [-0.25, -0.2) is 19.7 Å². The van der Waals surface area contributed by atoms with Gasteiger partial charge in [-0.1, -0.05) is 11.6 Å². The Morgan fingerprint density at radius 2 is 2.25 bits per heavy atom. The molecule has 1 N–H and O–H groups in total. The molecule has 3 aromatic heterocycles. The molecule has 0 aliphatic carbocycles. The molecule has 1 aliphatic heterocycles. The Morgan fingerprint density at radius 3 is 3.07 bits per heavy atom. The molecule has 1 atom stereocenters. The van der Waals surface area contributed by atoms with Crippen molar-refractivity contribution in [3.05, 3.63) is 41.9 Å². The van der Waals surface area contributed by atoms with Crippen LogP contribution in [0.15, 0.2) is 36.8 Å². The Hall–Kier alpha value is -3.00. The zero-order valence-electron chi connectivity index (χ0n) is 15.3. The van der Waals surface area contributed by atoms with Crippen LogP contribution in [0.5, 0.6) is 0 Å². The third-order valence-corrected chi connectivity index (χ3v) is 4.75. The molecule has 1 fully saturated rings. The van der Waals surface area contributed by atoms with Gasteiger partial charge in [0.25, 0.3) is 0 Å². The number of halogens is 1. The van der Waals surface area contributed by atoms with Gasteiger partial charge in [0.2, 0.25) is 0 Å². The Labute approximate surface area is 166 Å². The minimum absolute atomic E-state index is 0.0737. The fourth-order valence-corrected chi connectivity index (χ4v) is 3.39. The maximum atomic E-state index is 12.0. The number of fused-ring (bicyclic) bond motifs is 1. The van der Waals surface area contributed by atoms with E-state index in [1.54, 1.807) is 36.5 Å². The van der Waals surface area contributed by atoms with Gasteiger partial charge in [0.05, 0.1) is 18.3 Å². The van der Waals surface area contributed by atoms with Crippen LogP contribution in [0.1, 0.15) is 13.3 Å². The smallest absolute Gasteiger partial charge is 0.409 e. The first kappa shape index (κ1) is 18.4. The summed E-state index contributed by atoms with van der Waals surface area (Å²) >= 11 is 6.02. The second-order valence-corrected chi connectivity index (χ2v) is 6.82. The number of ether oxygens (including phenoxy) is 1. The summed E-state index contributed by atoms with van der Waals surface area (Å²) in [7, 11) is 0. The third-order valence-electron chi connectivity index (χ3n) is 4.54. The molecular formula is C19H19ClN6O2. The van der Waals surface area contributed by atoms with E-state index in [2.05, 4.69) is 20.3 Å². The normalized spacial score (nSPS) is 16.4. The van der Waals surface area contributed by atoms with Crippen molar-refractivity contribution < 1.29 is 9.53 Å². The highest BCUT2D eigenvalue weighted by Crippen LogP contribution is 2.27. The van der Waals surface area contributed by atoms with E-state index in [9.17, 15) is 4.79 Å². The average molecular weight is 399 g/mol. The molecule has 0 aromatic carbocycles. The highest BCUT2D eigenvalue weighted by Gasteiger charge is 2.27. The molecule has 8 nitrogen and oxygen atoms in total. The Bertz CT molecular complexity index is 1010. The van der Waals surface area contributed by atoms with Crippen LogP contribution in [-0.4, -0.2) is 56.7 Å². The summed E-state index contributed by atoms with van der Waals surface area (Å²) in [5.74, 6) is 1.23. The number of likely N-dealkylation sites (tertiary alicyclic amines) is 1. The van der Waals surface area contributed by atoms with Crippen molar-refractivity contribution in [2.45, 2.75) is 19.4 Å². The quantitative estimate of drug-likeness (QED) is 0.673. The number of nitrogens with zero attached hydrogens (tertiary/aromatic N) is 5. The molecule has 28 heavy (non-hydrogen) atoms. The molecule has 1 amide bonds. The second-order valence-electron chi connectivity index (χ2n) is 6.43. The maximum Gasteiger partial charge on any atom is 0.409 e. The van der Waals surface area contributed by atoms with E-state index in [0.29, 0.717) is 36.5 Å². The van der Waals surface area contributed by atoms with Gasteiger partial charge < -0.3 is 15.0 Å². The second kappa shape index (κ2) is 7.93. The molecule has 9 heteroatoms. The standard InChI is InChI=1S/C19H19ClN6O2/c1-2-28-19(27)26-8-5-13(11-26)23-18-14-4-6-21-10-15(14)24-17(25-18)12-3-7-22-16(20)9-12/h3-4,6-7,9-10,13H,2,5,8,11H2,1H3,(H,23,24,25). The summed E-state index contributed by atoms with van der Waals surface area (Å²) in [6.07, 6.45) is 5.56. The van der Waals surface area contributed by atoms with Crippen LogP contribution < -0.4 is 5.32 Å². The predicted octanol–water partition coefficient (Wildman–Crippen LogP) is 3.38. The van der Waals surface area contributed by atoms with Gasteiger partial charge in [0.1, 0.15) is 11.0 Å². The molecular weight excluding hydrogens is 380 g/mol. The van der Waals surface area contributed by atoms with Crippen LogP contribution in [-0.2, 0) is 4.74 Å². The number of carbonyl (C=O) groups is 1. The lowest BCUT2D eigenvalue weighted by molar-refractivity contribution is 0.115. The molecule has 0 bridgehead atoms. The molecule has 4 rings (SSSR count). The van der Waals surface area contributed by atoms with Crippen molar-refractivity contribution >= 4 is 34.4 Å². The summed E-state index contributed by atoms with van der Waals surface area (Å²) < 4.78 is 5.09. The van der Waals surface area contributed by atoms with E-state index in [4.69, 9.17) is 21.3 Å². The van der Waals surface area contributed by atoms with Crippen molar-refractivity contribution in [3.63, 3.8) is 0 Å². The third kappa shape index (κ3) is 3.82. The lowest BCUT2D eigenvalue weighted by atomic mass is 10.2. The maximum absolute atomic E-state index is 12.0. The summed E-state index contributed by atoms with van der Waals surface area (Å²) in [5, 5.41) is 4.71. The molecule has 1 saturated heterocycles. The molecule has 1 aliphatic rings. The number of hydrogen-bond donors (Lipinski definition) is 1. The highest BCUT2D eigenvalue weighted by molar-refractivity contribution is 6.29. The Kier molecular flexibility index (Phi) is 5.21. The molecule has 0 saturated carbocycles. The van der Waals surface area contributed by atoms with Crippen molar-refractivity contribution in [2.75, 3.05) is 25.0 Å². The van der Waals surface area contributed by atoms with Crippen LogP contribution in [0.25, 0.3) is 22.3 Å². The van der Waals surface area contributed by atoms with E-state index < -0.39 is 0 Å². The van der Waals surface area contributed by atoms with E-state index in [0.717, 1.165) is 22.9 Å². The highest BCUT2D eigenvalue weighted by atomic mass is 35.5. The number of anilines is 1. The molecule has 1 unspecified atom stereocenters. The zero-order valence-corrected chi connectivity index (χ0v) is 16.1. The minimum Gasteiger partial charge on any atom is -0.450 e. The monoisotopic (exact) mass is 398 g/mol. The van der Waals surface area contributed by atoms with Crippen LogP contribution >= 0.6 is 11.6 Å². The van der Waals surface area contributed by atoms with Crippen molar-refractivity contribution in [1.29, 1.82) is 0 Å². The topological polar surface area (TPSA) is 93.1 Å². The van der Waals surface area contributed by atoms with Crippen LogP contribution in [0, 0.1) is 0 Å². The molecule has 0 radical (unpaired) electrons. The van der Waals surface area contributed by atoms with Gasteiger partial charge in [-0.3, -0.25) is 4.98 Å². The largest absolute Gasteiger partial charge is 0.450 e. The summed E-state index contributed by atoms with van der Waals surface area (Å²) in [4.78, 5) is 31.1. The van der Waals surface area contributed by atoms with Crippen LogP contribution in [0.2, 0.25) is 5.15 Å². The zero-order chi connectivity index (χ0) is 19.5. The van der Waals surface area contributed by atoms with Gasteiger partial charge in [0, 0.05) is 42.5 Å². The summed E-state index contributed by atoms with van der Waals surface area (Å²) in [5.41, 5.74) is 1.50. The van der Waals surface area contributed by atoms with E-state index in [1.165, 1.54) is 0 Å². The fourth-order valence-electron chi connectivity index (χ4n) is 3.21. The first-order valence-corrected chi connectivity index (χ1v) is 9.43. The lowest BCUT2D eigenvalue weighted by Crippen LogP contribution is -2.32. The first-order chi connectivity index (χ1) is 13.6. The number of hydrogen-bond acceptors (Lipinski definition) is 7.